The minimum atomic E-state index is -0.255. The van der Waals surface area contributed by atoms with Crippen LogP contribution in [0.4, 0.5) is 0 Å². The number of aryl methyl sites for hydroxylation is 2. The summed E-state index contributed by atoms with van der Waals surface area (Å²) < 4.78 is 17.1. The molecular weight excluding hydrogens is 306 g/mol. The second-order valence-corrected chi connectivity index (χ2v) is 6.63. The highest BCUT2D eigenvalue weighted by Crippen LogP contribution is 2.25. The maximum atomic E-state index is 12.6. The standard InChI is InChI=1S/C19H27NO4/c1-14-6-7-17(15(2)13-14)22-10-8-18(21)20-9-4-3-5-16(20)19-23-11-12-24-19/h6-7,13,16,19H,3-5,8-12H2,1-2H3. The Balaban J connectivity index is 1.53. The summed E-state index contributed by atoms with van der Waals surface area (Å²) in [7, 11) is 0. The number of carbonyl (C=O) groups excluding carboxylic acids is 1. The van der Waals surface area contributed by atoms with Crippen LogP contribution in [0.2, 0.25) is 0 Å². The summed E-state index contributed by atoms with van der Waals surface area (Å²) >= 11 is 0. The molecule has 5 heteroatoms. The van der Waals surface area contributed by atoms with Gasteiger partial charge in [0.2, 0.25) is 5.91 Å². The molecule has 1 aromatic rings. The summed E-state index contributed by atoms with van der Waals surface area (Å²) in [6.45, 7) is 6.52. The molecule has 1 atom stereocenters. The molecule has 2 heterocycles. The quantitative estimate of drug-likeness (QED) is 0.831. The number of hydrogen-bond acceptors (Lipinski definition) is 4. The second-order valence-electron chi connectivity index (χ2n) is 6.63. The number of piperidine rings is 1. The lowest BCUT2D eigenvalue weighted by molar-refractivity contribution is -0.151. The van der Waals surface area contributed by atoms with Crippen molar-refractivity contribution in [3.05, 3.63) is 29.3 Å². The zero-order chi connectivity index (χ0) is 16.9. The third kappa shape index (κ3) is 4.08. The monoisotopic (exact) mass is 333 g/mol. The van der Waals surface area contributed by atoms with E-state index in [1.807, 2.05) is 24.0 Å². The molecule has 0 aromatic heterocycles. The molecule has 2 aliphatic rings. The summed E-state index contributed by atoms with van der Waals surface area (Å²) in [5, 5.41) is 0. The van der Waals surface area contributed by atoms with E-state index >= 15 is 0 Å². The van der Waals surface area contributed by atoms with Gasteiger partial charge in [-0.25, -0.2) is 0 Å². The Labute approximate surface area is 143 Å². The van der Waals surface area contributed by atoms with Gasteiger partial charge in [-0.15, -0.1) is 0 Å². The topological polar surface area (TPSA) is 48.0 Å². The molecule has 1 unspecified atom stereocenters. The Morgan fingerprint density at radius 2 is 2.04 bits per heavy atom. The maximum Gasteiger partial charge on any atom is 0.226 e. The Morgan fingerprint density at radius 1 is 1.25 bits per heavy atom. The van der Waals surface area contributed by atoms with Gasteiger partial charge in [-0.3, -0.25) is 4.79 Å². The first-order valence-corrected chi connectivity index (χ1v) is 8.88. The number of likely N-dealkylation sites (tertiary alicyclic amines) is 1. The van der Waals surface area contributed by atoms with E-state index in [9.17, 15) is 4.79 Å². The van der Waals surface area contributed by atoms with Gasteiger partial charge >= 0.3 is 0 Å². The Hall–Kier alpha value is -1.59. The van der Waals surface area contributed by atoms with Crippen LogP contribution in [-0.2, 0) is 14.3 Å². The van der Waals surface area contributed by atoms with E-state index in [0.717, 1.165) is 37.1 Å². The van der Waals surface area contributed by atoms with Crippen molar-refractivity contribution < 1.29 is 19.0 Å². The van der Waals surface area contributed by atoms with Crippen molar-refractivity contribution in [2.75, 3.05) is 26.4 Å². The van der Waals surface area contributed by atoms with E-state index in [4.69, 9.17) is 14.2 Å². The highest BCUT2D eigenvalue weighted by atomic mass is 16.7. The number of hydrogen-bond donors (Lipinski definition) is 0. The van der Waals surface area contributed by atoms with Gasteiger partial charge in [0.05, 0.1) is 32.3 Å². The van der Waals surface area contributed by atoms with Crippen LogP contribution in [0.5, 0.6) is 5.75 Å². The van der Waals surface area contributed by atoms with Gasteiger partial charge in [0.15, 0.2) is 6.29 Å². The van der Waals surface area contributed by atoms with Crippen LogP contribution in [0.25, 0.3) is 0 Å². The van der Waals surface area contributed by atoms with Crippen LogP contribution in [0, 0.1) is 13.8 Å². The lowest BCUT2D eigenvalue weighted by Gasteiger charge is -2.38. The van der Waals surface area contributed by atoms with Crippen LogP contribution < -0.4 is 4.74 Å². The average molecular weight is 333 g/mol. The van der Waals surface area contributed by atoms with E-state index in [2.05, 4.69) is 13.0 Å². The Morgan fingerprint density at radius 3 is 2.79 bits per heavy atom. The molecule has 1 amide bonds. The Bertz CT molecular complexity index is 568. The minimum Gasteiger partial charge on any atom is -0.493 e. The largest absolute Gasteiger partial charge is 0.493 e. The molecule has 2 aliphatic heterocycles. The number of carbonyl (C=O) groups is 1. The third-order valence-corrected chi connectivity index (χ3v) is 4.74. The predicted molar refractivity (Wildman–Crippen MR) is 91.1 cm³/mol. The van der Waals surface area contributed by atoms with Crippen molar-refractivity contribution in [1.82, 2.24) is 4.90 Å². The molecule has 1 aromatic carbocycles. The molecule has 24 heavy (non-hydrogen) atoms. The fourth-order valence-corrected chi connectivity index (χ4v) is 3.50. The van der Waals surface area contributed by atoms with Crippen molar-refractivity contribution in [2.24, 2.45) is 0 Å². The molecule has 0 saturated carbocycles. The molecule has 0 bridgehead atoms. The van der Waals surface area contributed by atoms with Crippen LogP contribution in [0.1, 0.15) is 36.8 Å². The normalized spacial score (nSPS) is 21.9. The molecule has 0 spiro atoms. The summed E-state index contributed by atoms with van der Waals surface area (Å²) in [4.78, 5) is 14.6. The van der Waals surface area contributed by atoms with Crippen LogP contribution in [0.3, 0.4) is 0 Å². The van der Waals surface area contributed by atoms with E-state index in [0.29, 0.717) is 26.2 Å². The summed E-state index contributed by atoms with van der Waals surface area (Å²) in [5.41, 5.74) is 2.31. The number of nitrogens with zero attached hydrogens (tertiary/aromatic N) is 1. The first-order valence-electron chi connectivity index (χ1n) is 8.88. The fourth-order valence-electron chi connectivity index (χ4n) is 3.50. The lowest BCUT2D eigenvalue weighted by Crippen LogP contribution is -2.50. The van der Waals surface area contributed by atoms with Crippen LogP contribution >= 0.6 is 0 Å². The molecule has 0 aliphatic carbocycles. The second kappa shape index (κ2) is 7.99. The van der Waals surface area contributed by atoms with E-state index in [-0.39, 0.29) is 18.2 Å². The van der Waals surface area contributed by atoms with Crippen molar-refractivity contribution in [3.63, 3.8) is 0 Å². The van der Waals surface area contributed by atoms with Gasteiger partial charge in [-0.2, -0.15) is 0 Å². The van der Waals surface area contributed by atoms with E-state index < -0.39 is 0 Å². The highest BCUT2D eigenvalue weighted by molar-refractivity contribution is 5.76. The van der Waals surface area contributed by atoms with Crippen molar-refractivity contribution in [3.8, 4) is 5.75 Å². The SMILES string of the molecule is Cc1ccc(OCCC(=O)N2CCCCC2C2OCCO2)c(C)c1. The van der Waals surface area contributed by atoms with Gasteiger partial charge in [0, 0.05) is 6.54 Å². The van der Waals surface area contributed by atoms with Crippen LogP contribution in [0.15, 0.2) is 18.2 Å². The highest BCUT2D eigenvalue weighted by Gasteiger charge is 2.35. The minimum absolute atomic E-state index is 0.0508. The molecular formula is C19H27NO4. The molecule has 132 valence electrons. The number of benzene rings is 1. The lowest BCUT2D eigenvalue weighted by atomic mass is 10.0. The summed E-state index contributed by atoms with van der Waals surface area (Å²) in [5.74, 6) is 0.981. The number of amides is 1. The van der Waals surface area contributed by atoms with Gasteiger partial charge < -0.3 is 19.1 Å². The predicted octanol–water partition coefficient (Wildman–Crippen LogP) is 2.83. The van der Waals surface area contributed by atoms with Gasteiger partial charge in [-0.05, 0) is 44.7 Å². The van der Waals surface area contributed by atoms with Crippen molar-refractivity contribution in [2.45, 2.75) is 51.9 Å². The third-order valence-electron chi connectivity index (χ3n) is 4.74. The summed E-state index contributed by atoms with van der Waals surface area (Å²) in [6.07, 6.45) is 3.25. The molecule has 2 fully saturated rings. The van der Waals surface area contributed by atoms with E-state index in [1.54, 1.807) is 0 Å². The fraction of sp³-hybridized carbons (Fsp3) is 0.632. The number of rotatable bonds is 5. The first kappa shape index (κ1) is 17.2. The van der Waals surface area contributed by atoms with Gasteiger partial charge in [0.25, 0.3) is 0 Å². The van der Waals surface area contributed by atoms with Crippen molar-refractivity contribution in [1.29, 1.82) is 0 Å². The zero-order valence-electron chi connectivity index (χ0n) is 14.6. The molecule has 3 rings (SSSR count). The average Bonchev–Trinajstić information content (AvgIpc) is 3.11. The van der Waals surface area contributed by atoms with Gasteiger partial charge in [0.1, 0.15) is 5.75 Å². The molecule has 2 saturated heterocycles. The Kier molecular flexibility index (Phi) is 5.74. The van der Waals surface area contributed by atoms with Crippen LogP contribution in [-0.4, -0.2) is 49.5 Å². The zero-order valence-corrected chi connectivity index (χ0v) is 14.6. The molecule has 0 radical (unpaired) electrons. The van der Waals surface area contributed by atoms with E-state index in [1.165, 1.54) is 5.56 Å². The van der Waals surface area contributed by atoms with Crippen molar-refractivity contribution >= 4 is 5.91 Å². The number of ether oxygens (including phenoxy) is 3. The smallest absolute Gasteiger partial charge is 0.226 e. The molecule has 5 nitrogen and oxygen atoms in total. The molecule has 0 N–H and O–H groups in total. The first-order chi connectivity index (χ1) is 11.6. The van der Waals surface area contributed by atoms with Gasteiger partial charge in [-0.1, -0.05) is 17.7 Å². The summed E-state index contributed by atoms with van der Waals surface area (Å²) in [6, 6.07) is 6.14. The maximum absolute atomic E-state index is 12.6.